The van der Waals surface area contributed by atoms with Crippen molar-refractivity contribution in [1.82, 2.24) is 10.1 Å². The maximum Gasteiger partial charge on any atom is 0.248 e. The van der Waals surface area contributed by atoms with E-state index in [4.69, 9.17) is 10.3 Å². The van der Waals surface area contributed by atoms with Crippen LogP contribution in [0.25, 0.3) is 0 Å². The number of aryl methyl sites for hydroxylation is 1. The Balaban J connectivity index is 2.02. The Kier molecular flexibility index (Phi) is 3.82. The monoisotopic (exact) mass is 265 g/mol. The largest absolute Gasteiger partial charge is 0.337 e. The summed E-state index contributed by atoms with van der Waals surface area (Å²) in [5.74, 6) is 1.24. The first kappa shape index (κ1) is 13.2. The summed E-state index contributed by atoms with van der Waals surface area (Å²) in [4.78, 5) is 5.42. The molecule has 0 saturated carbocycles. The van der Waals surface area contributed by atoms with Crippen LogP contribution in [-0.4, -0.2) is 10.1 Å². The van der Waals surface area contributed by atoms with E-state index in [9.17, 15) is 0 Å². The van der Waals surface area contributed by atoms with Gasteiger partial charge in [0.05, 0.1) is 0 Å². The van der Waals surface area contributed by atoms with Crippen molar-refractivity contribution >= 4 is 11.3 Å². The van der Waals surface area contributed by atoms with Gasteiger partial charge in [0, 0.05) is 11.3 Å². The van der Waals surface area contributed by atoms with Gasteiger partial charge >= 0.3 is 0 Å². The first-order chi connectivity index (χ1) is 8.46. The number of rotatable bonds is 4. The standard InChI is InChI=1S/C13H19N3OS/c1-13(2,3)7-6-10-15-12(17-16-10)11(14)9-5-4-8-18-9/h4-5,8,11H,6-7,14H2,1-3H3. The Morgan fingerprint density at radius 1 is 1.44 bits per heavy atom. The van der Waals surface area contributed by atoms with Gasteiger partial charge < -0.3 is 10.3 Å². The van der Waals surface area contributed by atoms with Crippen molar-refractivity contribution in [3.05, 3.63) is 34.1 Å². The summed E-state index contributed by atoms with van der Waals surface area (Å²) in [6.45, 7) is 6.60. The van der Waals surface area contributed by atoms with E-state index >= 15 is 0 Å². The molecule has 0 fully saturated rings. The van der Waals surface area contributed by atoms with E-state index < -0.39 is 0 Å². The van der Waals surface area contributed by atoms with Crippen LogP contribution in [0.4, 0.5) is 0 Å². The van der Waals surface area contributed by atoms with Gasteiger partial charge in [-0.2, -0.15) is 4.98 Å². The summed E-state index contributed by atoms with van der Waals surface area (Å²) in [5, 5.41) is 5.98. The quantitative estimate of drug-likeness (QED) is 0.922. The zero-order chi connectivity index (χ0) is 13.2. The average Bonchev–Trinajstić information content (AvgIpc) is 2.96. The minimum Gasteiger partial charge on any atom is -0.337 e. The van der Waals surface area contributed by atoms with Crippen LogP contribution in [0, 0.1) is 5.41 Å². The maximum atomic E-state index is 6.07. The van der Waals surface area contributed by atoms with Gasteiger partial charge in [-0.05, 0) is 23.3 Å². The molecule has 98 valence electrons. The fraction of sp³-hybridized carbons (Fsp3) is 0.538. The third-order valence-electron chi connectivity index (χ3n) is 2.70. The van der Waals surface area contributed by atoms with E-state index in [1.54, 1.807) is 11.3 Å². The molecule has 0 aromatic carbocycles. The lowest BCUT2D eigenvalue weighted by atomic mass is 9.90. The van der Waals surface area contributed by atoms with E-state index in [-0.39, 0.29) is 11.5 Å². The fourth-order valence-corrected chi connectivity index (χ4v) is 2.29. The normalized spacial score (nSPS) is 13.8. The van der Waals surface area contributed by atoms with Crippen LogP contribution in [0.5, 0.6) is 0 Å². The summed E-state index contributed by atoms with van der Waals surface area (Å²) >= 11 is 1.60. The molecule has 2 heterocycles. The smallest absolute Gasteiger partial charge is 0.248 e. The predicted octanol–water partition coefficient (Wildman–Crippen LogP) is 3.16. The Bertz CT molecular complexity index is 485. The second kappa shape index (κ2) is 5.20. The molecule has 1 atom stereocenters. The van der Waals surface area contributed by atoms with Crippen molar-refractivity contribution in [3.8, 4) is 0 Å². The first-order valence-electron chi connectivity index (χ1n) is 6.07. The van der Waals surface area contributed by atoms with Gasteiger partial charge in [-0.15, -0.1) is 11.3 Å². The highest BCUT2D eigenvalue weighted by Gasteiger charge is 2.18. The van der Waals surface area contributed by atoms with Gasteiger partial charge in [0.2, 0.25) is 5.89 Å². The van der Waals surface area contributed by atoms with Crippen LogP contribution in [0.15, 0.2) is 22.0 Å². The van der Waals surface area contributed by atoms with Gasteiger partial charge in [0.25, 0.3) is 0 Å². The zero-order valence-electron chi connectivity index (χ0n) is 11.0. The number of nitrogens with zero attached hydrogens (tertiary/aromatic N) is 2. The highest BCUT2D eigenvalue weighted by molar-refractivity contribution is 7.10. The topological polar surface area (TPSA) is 64.9 Å². The molecule has 2 aromatic heterocycles. The average molecular weight is 265 g/mol. The second-order valence-electron chi connectivity index (χ2n) is 5.60. The molecular formula is C13H19N3OS. The Morgan fingerprint density at radius 3 is 2.83 bits per heavy atom. The molecular weight excluding hydrogens is 246 g/mol. The molecule has 0 aliphatic heterocycles. The third kappa shape index (κ3) is 3.40. The van der Waals surface area contributed by atoms with Gasteiger partial charge in [0.15, 0.2) is 5.82 Å². The van der Waals surface area contributed by atoms with Gasteiger partial charge in [-0.1, -0.05) is 32.0 Å². The van der Waals surface area contributed by atoms with E-state index in [0.29, 0.717) is 5.89 Å². The van der Waals surface area contributed by atoms with Crippen molar-refractivity contribution in [2.75, 3.05) is 0 Å². The van der Waals surface area contributed by atoms with Crippen LogP contribution >= 0.6 is 11.3 Å². The molecule has 18 heavy (non-hydrogen) atoms. The highest BCUT2D eigenvalue weighted by Crippen LogP contribution is 2.24. The number of nitrogens with two attached hydrogens (primary N) is 1. The molecule has 0 aliphatic carbocycles. The molecule has 1 unspecified atom stereocenters. The molecule has 0 radical (unpaired) electrons. The summed E-state index contributed by atoms with van der Waals surface area (Å²) in [7, 11) is 0. The Hall–Kier alpha value is -1.20. The molecule has 2 rings (SSSR count). The molecule has 0 bridgehead atoms. The van der Waals surface area contributed by atoms with Gasteiger partial charge in [-0.3, -0.25) is 0 Å². The van der Waals surface area contributed by atoms with Crippen LogP contribution in [-0.2, 0) is 6.42 Å². The number of hydrogen-bond acceptors (Lipinski definition) is 5. The summed E-state index contributed by atoms with van der Waals surface area (Å²) in [6.07, 6.45) is 1.85. The van der Waals surface area contributed by atoms with Crippen molar-refractivity contribution in [2.24, 2.45) is 11.1 Å². The summed E-state index contributed by atoms with van der Waals surface area (Å²) < 4.78 is 5.24. The van der Waals surface area contributed by atoms with Crippen LogP contribution in [0.1, 0.15) is 49.8 Å². The van der Waals surface area contributed by atoms with E-state index in [1.165, 1.54) is 0 Å². The van der Waals surface area contributed by atoms with Crippen molar-refractivity contribution in [1.29, 1.82) is 0 Å². The number of aromatic nitrogens is 2. The molecule has 4 nitrogen and oxygen atoms in total. The number of hydrogen-bond donors (Lipinski definition) is 1. The lowest BCUT2D eigenvalue weighted by molar-refractivity contribution is 0.350. The lowest BCUT2D eigenvalue weighted by Crippen LogP contribution is -2.11. The fourth-order valence-electron chi connectivity index (χ4n) is 1.57. The summed E-state index contributed by atoms with van der Waals surface area (Å²) in [5.41, 5.74) is 6.34. The molecule has 0 saturated heterocycles. The number of thiophene rings is 1. The van der Waals surface area contributed by atoms with Gasteiger partial charge in [0.1, 0.15) is 6.04 Å². The molecule has 0 amide bonds. The molecule has 0 aliphatic rings. The van der Waals surface area contributed by atoms with E-state index in [1.807, 2.05) is 17.5 Å². The van der Waals surface area contributed by atoms with E-state index in [2.05, 4.69) is 30.9 Å². The maximum absolute atomic E-state index is 6.07. The van der Waals surface area contributed by atoms with Crippen molar-refractivity contribution in [3.63, 3.8) is 0 Å². The van der Waals surface area contributed by atoms with Crippen LogP contribution in [0.3, 0.4) is 0 Å². The lowest BCUT2D eigenvalue weighted by Gasteiger charge is -2.15. The predicted molar refractivity (Wildman–Crippen MR) is 72.4 cm³/mol. The van der Waals surface area contributed by atoms with Crippen LogP contribution in [0.2, 0.25) is 0 Å². The van der Waals surface area contributed by atoms with Crippen molar-refractivity contribution in [2.45, 2.75) is 39.7 Å². The third-order valence-corrected chi connectivity index (χ3v) is 3.65. The zero-order valence-corrected chi connectivity index (χ0v) is 11.8. The first-order valence-corrected chi connectivity index (χ1v) is 6.95. The second-order valence-corrected chi connectivity index (χ2v) is 6.58. The van der Waals surface area contributed by atoms with E-state index in [0.717, 1.165) is 23.5 Å². The van der Waals surface area contributed by atoms with Crippen molar-refractivity contribution < 1.29 is 4.52 Å². The summed E-state index contributed by atoms with van der Waals surface area (Å²) in [6, 6.07) is 3.64. The van der Waals surface area contributed by atoms with Gasteiger partial charge in [-0.25, -0.2) is 0 Å². The Labute approximate surface area is 111 Å². The van der Waals surface area contributed by atoms with Crippen LogP contribution < -0.4 is 5.73 Å². The highest BCUT2D eigenvalue weighted by atomic mass is 32.1. The molecule has 2 N–H and O–H groups in total. The molecule has 2 aromatic rings. The molecule has 5 heteroatoms. The Morgan fingerprint density at radius 2 is 2.22 bits per heavy atom. The molecule has 0 spiro atoms. The minimum atomic E-state index is -0.305. The minimum absolute atomic E-state index is 0.274. The SMILES string of the molecule is CC(C)(C)CCc1noc(C(N)c2cccs2)n1.